The second-order valence-corrected chi connectivity index (χ2v) is 8.95. The molecule has 180 valence electrons. The van der Waals surface area contributed by atoms with Gasteiger partial charge in [0.05, 0.1) is 36.9 Å². The van der Waals surface area contributed by atoms with Crippen molar-refractivity contribution in [3.8, 4) is 22.8 Å². The maximum Gasteiger partial charge on any atom is 0.255 e. The number of aryl methyl sites for hydroxylation is 1. The molecule has 2 atom stereocenters. The van der Waals surface area contributed by atoms with E-state index in [-0.39, 0.29) is 17.7 Å². The highest BCUT2D eigenvalue weighted by molar-refractivity contribution is 6.09. The third kappa shape index (κ3) is 4.30. The van der Waals surface area contributed by atoms with Crippen LogP contribution in [0.2, 0.25) is 0 Å². The Morgan fingerprint density at radius 1 is 1.26 bits per heavy atom. The summed E-state index contributed by atoms with van der Waals surface area (Å²) in [7, 11) is 1.40. The number of aromatic nitrogens is 3. The number of piperidine rings is 1. The van der Waals surface area contributed by atoms with Crippen molar-refractivity contribution in [3.05, 3.63) is 35.5 Å². The fraction of sp³-hybridized carbons (Fsp3) is 0.458. The fourth-order valence-corrected chi connectivity index (χ4v) is 4.34. The number of halogens is 1. The molecule has 2 fully saturated rings. The Morgan fingerprint density at radius 2 is 2.09 bits per heavy atom. The number of aromatic amines is 1. The molecule has 1 saturated carbocycles. The van der Waals surface area contributed by atoms with E-state index in [0.29, 0.717) is 64.8 Å². The van der Waals surface area contributed by atoms with Crippen LogP contribution >= 0.6 is 0 Å². The number of β-amino-alcohol motifs (C(OH)–C–C–N with tert-alkyl or cyclic N) is 1. The minimum atomic E-state index is -0.661. The van der Waals surface area contributed by atoms with E-state index in [2.05, 4.69) is 25.6 Å². The summed E-state index contributed by atoms with van der Waals surface area (Å²) in [6.45, 7) is 3.44. The Kier molecular flexibility index (Phi) is 6.09. The third-order valence-corrected chi connectivity index (χ3v) is 6.45. The van der Waals surface area contributed by atoms with Crippen LogP contribution in [0.3, 0.4) is 0 Å². The van der Waals surface area contributed by atoms with Gasteiger partial charge >= 0.3 is 0 Å². The van der Waals surface area contributed by atoms with E-state index in [9.17, 15) is 14.3 Å². The van der Waals surface area contributed by atoms with Gasteiger partial charge in [-0.2, -0.15) is 0 Å². The van der Waals surface area contributed by atoms with Gasteiger partial charge in [0.2, 0.25) is 0 Å². The van der Waals surface area contributed by atoms with E-state index in [1.54, 1.807) is 13.0 Å². The highest BCUT2D eigenvalue weighted by atomic mass is 19.1. The number of nitrogens with zero attached hydrogens (tertiary/aromatic N) is 2. The monoisotopic (exact) mass is 469 g/mol. The van der Waals surface area contributed by atoms with Crippen LogP contribution in [0.25, 0.3) is 22.3 Å². The minimum Gasteiger partial charge on any atom is -0.494 e. The normalized spacial score (nSPS) is 20.4. The molecule has 34 heavy (non-hydrogen) atoms. The van der Waals surface area contributed by atoms with Crippen LogP contribution in [0.15, 0.2) is 18.5 Å². The predicted octanol–water partition coefficient (Wildman–Crippen LogP) is 2.32. The molecular weight excluding hydrogens is 441 g/mol. The van der Waals surface area contributed by atoms with Gasteiger partial charge in [-0.05, 0) is 44.7 Å². The van der Waals surface area contributed by atoms with Gasteiger partial charge < -0.3 is 30.2 Å². The van der Waals surface area contributed by atoms with Gasteiger partial charge in [0.15, 0.2) is 11.6 Å². The van der Waals surface area contributed by atoms with E-state index in [1.165, 1.54) is 19.5 Å². The van der Waals surface area contributed by atoms with Crippen LogP contribution in [-0.4, -0.2) is 64.9 Å². The standard InChI is InChI=1S/C24H28FN5O4/c1-12-20(24(32)30-16-5-6-26-9-17(16)31)22-23(29-12)21(27-11-28-22)14-7-19(33-2)15(25)8-18(14)34-10-13-3-4-13/h7-8,11,13,16-17,26,29,31H,3-6,9-10H2,1-2H3,(H,30,32)/t16-,17+/m1/s1. The highest BCUT2D eigenvalue weighted by Crippen LogP contribution is 2.39. The van der Waals surface area contributed by atoms with Crippen LogP contribution in [0.5, 0.6) is 11.5 Å². The van der Waals surface area contributed by atoms with E-state index < -0.39 is 11.9 Å². The number of H-pyrrole nitrogens is 1. The van der Waals surface area contributed by atoms with Crippen molar-refractivity contribution < 1.29 is 23.8 Å². The molecule has 10 heteroatoms. The van der Waals surface area contributed by atoms with Crippen molar-refractivity contribution in [2.24, 2.45) is 5.92 Å². The molecule has 3 heterocycles. The van der Waals surface area contributed by atoms with E-state index in [0.717, 1.165) is 19.4 Å². The molecule has 1 aliphatic carbocycles. The van der Waals surface area contributed by atoms with Crippen LogP contribution in [-0.2, 0) is 0 Å². The number of ether oxygens (including phenoxy) is 2. The van der Waals surface area contributed by atoms with Crippen molar-refractivity contribution in [2.75, 3.05) is 26.8 Å². The largest absolute Gasteiger partial charge is 0.494 e. The number of amides is 1. The molecule has 0 bridgehead atoms. The molecule has 9 nitrogen and oxygen atoms in total. The quantitative estimate of drug-likeness (QED) is 0.419. The maximum atomic E-state index is 14.5. The lowest BCUT2D eigenvalue weighted by Gasteiger charge is -2.29. The first-order valence-corrected chi connectivity index (χ1v) is 11.5. The summed E-state index contributed by atoms with van der Waals surface area (Å²) in [6.07, 6.45) is 3.55. The van der Waals surface area contributed by atoms with E-state index in [4.69, 9.17) is 9.47 Å². The second-order valence-electron chi connectivity index (χ2n) is 8.95. The summed E-state index contributed by atoms with van der Waals surface area (Å²) in [5.74, 6) is 0.0756. The zero-order valence-electron chi connectivity index (χ0n) is 19.2. The topological polar surface area (TPSA) is 121 Å². The van der Waals surface area contributed by atoms with Crippen molar-refractivity contribution >= 4 is 16.9 Å². The molecule has 4 N–H and O–H groups in total. The van der Waals surface area contributed by atoms with Gasteiger partial charge in [-0.25, -0.2) is 14.4 Å². The summed E-state index contributed by atoms with van der Waals surface area (Å²) >= 11 is 0. The van der Waals surface area contributed by atoms with Gasteiger partial charge in [0.25, 0.3) is 5.91 Å². The molecule has 5 rings (SSSR count). The first-order chi connectivity index (χ1) is 16.5. The number of aliphatic hydroxyl groups excluding tert-OH is 1. The van der Waals surface area contributed by atoms with Crippen molar-refractivity contribution in [3.63, 3.8) is 0 Å². The first kappa shape index (κ1) is 22.5. The summed E-state index contributed by atoms with van der Waals surface area (Å²) in [6, 6.07) is 2.52. The Morgan fingerprint density at radius 3 is 2.82 bits per heavy atom. The molecule has 3 aromatic rings. The molecule has 1 amide bonds. The van der Waals surface area contributed by atoms with Crippen LogP contribution in [0.1, 0.15) is 35.3 Å². The number of fused-ring (bicyclic) bond motifs is 1. The first-order valence-electron chi connectivity index (χ1n) is 11.5. The maximum absolute atomic E-state index is 14.5. The zero-order valence-corrected chi connectivity index (χ0v) is 19.2. The van der Waals surface area contributed by atoms with Crippen LogP contribution in [0.4, 0.5) is 4.39 Å². The molecule has 1 aromatic carbocycles. The van der Waals surface area contributed by atoms with Gasteiger partial charge in [-0.1, -0.05) is 0 Å². The Hall–Kier alpha value is -3.24. The van der Waals surface area contributed by atoms with Crippen molar-refractivity contribution in [1.29, 1.82) is 0 Å². The second kappa shape index (κ2) is 9.19. The van der Waals surface area contributed by atoms with Crippen molar-refractivity contribution in [1.82, 2.24) is 25.6 Å². The lowest BCUT2D eigenvalue weighted by atomic mass is 10.0. The number of hydrogen-bond acceptors (Lipinski definition) is 7. The summed E-state index contributed by atoms with van der Waals surface area (Å²) in [5.41, 5.74) is 3.03. The number of aliphatic hydroxyl groups is 1. The molecule has 1 saturated heterocycles. The molecule has 0 radical (unpaired) electrons. The van der Waals surface area contributed by atoms with Gasteiger partial charge in [0.1, 0.15) is 23.3 Å². The van der Waals surface area contributed by atoms with Crippen molar-refractivity contribution in [2.45, 2.75) is 38.3 Å². The average molecular weight is 470 g/mol. The fourth-order valence-electron chi connectivity index (χ4n) is 4.34. The number of nitrogens with one attached hydrogen (secondary N) is 3. The summed E-state index contributed by atoms with van der Waals surface area (Å²) in [5, 5.41) is 16.3. The number of methoxy groups -OCH3 is 1. The number of carbonyl (C=O) groups excluding carboxylic acids is 1. The predicted molar refractivity (Wildman–Crippen MR) is 124 cm³/mol. The SMILES string of the molecule is COc1cc(-c2ncnc3c(C(=O)N[C@@H]4CCNC[C@@H]4O)c(C)[nH]c23)c(OCC2CC2)cc1F. The lowest BCUT2D eigenvalue weighted by molar-refractivity contribution is 0.0766. The van der Waals surface area contributed by atoms with Gasteiger partial charge in [0, 0.05) is 23.9 Å². The molecule has 0 spiro atoms. The number of benzene rings is 1. The average Bonchev–Trinajstić information content (AvgIpc) is 3.59. The van der Waals surface area contributed by atoms with Crippen LogP contribution < -0.4 is 20.1 Å². The Bertz CT molecular complexity index is 1230. The molecule has 1 aliphatic heterocycles. The van der Waals surface area contributed by atoms with Gasteiger partial charge in [-0.15, -0.1) is 0 Å². The van der Waals surface area contributed by atoms with Crippen LogP contribution in [0, 0.1) is 18.7 Å². The van der Waals surface area contributed by atoms with E-state index >= 15 is 0 Å². The molecular formula is C24H28FN5O4. The number of carbonyl (C=O) groups is 1. The smallest absolute Gasteiger partial charge is 0.255 e. The molecule has 2 aliphatic rings. The Balaban J connectivity index is 1.55. The third-order valence-electron chi connectivity index (χ3n) is 6.45. The zero-order chi connectivity index (χ0) is 23.8. The minimum absolute atomic E-state index is 0.0710. The number of rotatable bonds is 7. The lowest BCUT2D eigenvalue weighted by Crippen LogP contribution is -2.52. The Labute approximate surface area is 196 Å². The highest BCUT2D eigenvalue weighted by Gasteiger charge is 2.29. The summed E-state index contributed by atoms with van der Waals surface area (Å²) < 4.78 is 25.7. The summed E-state index contributed by atoms with van der Waals surface area (Å²) in [4.78, 5) is 25.2. The number of hydrogen-bond donors (Lipinski definition) is 4. The van der Waals surface area contributed by atoms with Gasteiger partial charge in [-0.3, -0.25) is 4.79 Å². The molecule has 0 unspecified atom stereocenters. The van der Waals surface area contributed by atoms with E-state index in [1.807, 2.05) is 0 Å². The molecule has 2 aromatic heterocycles.